The van der Waals surface area contributed by atoms with Crippen LogP contribution >= 0.6 is 0 Å². The molecule has 12 nitrogen and oxygen atoms in total. The molecule has 4 heterocycles. The molecular formula is C16H8N8O4. The third-order valence-electron chi connectivity index (χ3n) is 3.76. The van der Waals surface area contributed by atoms with Crippen molar-refractivity contribution in [2.45, 2.75) is 0 Å². The van der Waals surface area contributed by atoms with Crippen molar-refractivity contribution in [3.05, 3.63) is 45.6 Å². The highest BCUT2D eigenvalue weighted by atomic mass is 16.6. The molecule has 5 rings (SSSR count). The van der Waals surface area contributed by atoms with E-state index in [0.717, 1.165) is 0 Å². The molecule has 0 spiro atoms. The van der Waals surface area contributed by atoms with Crippen LogP contribution in [0.25, 0.3) is 48.6 Å². The molecule has 0 saturated carbocycles. The Morgan fingerprint density at radius 3 is 0.571 bits per heavy atom. The highest BCUT2D eigenvalue weighted by Crippen LogP contribution is 2.18. The zero-order chi connectivity index (χ0) is 18.8. The van der Waals surface area contributed by atoms with E-state index in [-0.39, 0.29) is 0 Å². The van der Waals surface area contributed by atoms with Crippen LogP contribution in [0.1, 0.15) is 45.6 Å². The van der Waals surface area contributed by atoms with E-state index in [9.17, 15) is 0 Å². The molecule has 4 aromatic rings. The molecule has 12 heteroatoms. The molecule has 136 valence electrons. The lowest BCUT2D eigenvalue weighted by Gasteiger charge is -1.90. The maximum absolute atomic E-state index is 4.81. The van der Waals surface area contributed by atoms with Crippen molar-refractivity contribution >= 4 is 48.6 Å². The molecule has 0 atom stereocenters. The minimum absolute atomic E-state index is 0.484. The third-order valence-corrected chi connectivity index (χ3v) is 3.76. The van der Waals surface area contributed by atoms with E-state index in [1.54, 1.807) is 48.6 Å². The summed E-state index contributed by atoms with van der Waals surface area (Å²) in [4.78, 5) is 0. The predicted octanol–water partition coefficient (Wildman–Crippen LogP) is 2.21. The molecule has 1 aliphatic rings. The summed E-state index contributed by atoms with van der Waals surface area (Å²) in [5.41, 5.74) is 3.87. The molecule has 0 unspecified atom stereocenters. The average molecular weight is 376 g/mol. The van der Waals surface area contributed by atoms with Gasteiger partial charge in [-0.25, -0.2) is 18.5 Å². The maximum atomic E-state index is 4.81. The van der Waals surface area contributed by atoms with Gasteiger partial charge >= 0.3 is 0 Å². The molecule has 0 N–H and O–H groups in total. The number of rotatable bonds is 0. The van der Waals surface area contributed by atoms with Gasteiger partial charge in [-0.1, -0.05) is 0 Å². The Hall–Kier alpha value is -4.48. The van der Waals surface area contributed by atoms with Gasteiger partial charge in [0, 0.05) is 0 Å². The van der Waals surface area contributed by atoms with E-state index in [1.165, 1.54) is 0 Å². The second-order valence-corrected chi connectivity index (χ2v) is 5.47. The maximum Gasteiger partial charge on any atom is 0.135 e. The van der Waals surface area contributed by atoms with Crippen LogP contribution in [0.2, 0.25) is 0 Å². The fourth-order valence-electron chi connectivity index (χ4n) is 2.37. The summed E-state index contributed by atoms with van der Waals surface area (Å²) < 4.78 is 19.2. The van der Waals surface area contributed by atoms with Gasteiger partial charge in [0.05, 0.1) is 0 Å². The van der Waals surface area contributed by atoms with Gasteiger partial charge in [0.1, 0.15) is 45.6 Å². The van der Waals surface area contributed by atoms with Crippen LogP contribution in [0.3, 0.4) is 0 Å². The number of aromatic nitrogens is 8. The highest BCUT2D eigenvalue weighted by molar-refractivity contribution is 5.81. The molecule has 0 aromatic carbocycles. The Labute approximate surface area is 154 Å². The fourth-order valence-corrected chi connectivity index (χ4v) is 2.37. The van der Waals surface area contributed by atoms with E-state index in [1.807, 2.05) is 0 Å². The standard InChI is InChI=1S/C16H8N8O4/c1-2-10-12(20-26-18-10)5-6-14-16(24-28-22-14)8-7-15-13(21-27-23-15)4-3-11-9(1)17-25-19-11/h1-8H/b2-1-,4-3-,6-5-,8-7-. The van der Waals surface area contributed by atoms with Gasteiger partial charge in [-0.15, -0.1) is 0 Å². The Morgan fingerprint density at radius 1 is 0.286 bits per heavy atom. The van der Waals surface area contributed by atoms with Gasteiger partial charge in [0.2, 0.25) is 0 Å². The lowest BCUT2D eigenvalue weighted by molar-refractivity contribution is 0.305. The minimum atomic E-state index is 0.484. The Balaban J connectivity index is 1.64. The number of fused-ring (bicyclic) bond motifs is 4. The largest absolute Gasteiger partial charge is 0.243 e. The van der Waals surface area contributed by atoms with Crippen molar-refractivity contribution < 1.29 is 18.5 Å². The van der Waals surface area contributed by atoms with Crippen molar-refractivity contribution in [2.75, 3.05) is 0 Å². The average Bonchev–Trinajstić information content (AvgIpc) is 3.49. The third kappa shape index (κ3) is 2.94. The second-order valence-electron chi connectivity index (χ2n) is 5.47. The number of nitrogens with zero attached hydrogens (tertiary/aromatic N) is 8. The Kier molecular flexibility index (Phi) is 3.76. The zero-order valence-electron chi connectivity index (χ0n) is 13.8. The quantitative estimate of drug-likeness (QED) is 0.389. The number of hydrogen-bond acceptors (Lipinski definition) is 12. The summed E-state index contributed by atoms with van der Waals surface area (Å²) in [6, 6.07) is 0. The summed E-state index contributed by atoms with van der Waals surface area (Å²) in [5.74, 6) is 0. The molecule has 0 bridgehead atoms. The van der Waals surface area contributed by atoms with Gasteiger partial charge in [0.15, 0.2) is 0 Å². The summed E-state index contributed by atoms with van der Waals surface area (Å²) in [6.45, 7) is 0. The van der Waals surface area contributed by atoms with E-state index >= 15 is 0 Å². The first-order valence-electron chi connectivity index (χ1n) is 7.89. The van der Waals surface area contributed by atoms with E-state index in [2.05, 4.69) is 41.3 Å². The first-order chi connectivity index (χ1) is 13.9. The van der Waals surface area contributed by atoms with Crippen molar-refractivity contribution in [3.8, 4) is 0 Å². The van der Waals surface area contributed by atoms with Gasteiger partial charge < -0.3 is 0 Å². The molecule has 0 saturated heterocycles. The first kappa shape index (κ1) is 15.7. The van der Waals surface area contributed by atoms with Crippen molar-refractivity contribution in [1.82, 2.24) is 41.3 Å². The molecule has 0 aliphatic heterocycles. The summed E-state index contributed by atoms with van der Waals surface area (Å²) in [7, 11) is 0. The van der Waals surface area contributed by atoms with Crippen LogP contribution in [0.5, 0.6) is 0 Å². The van der Waals surface area contributed by atoms with Crippen molar-refractivity contribution in [3.63, 3.8) is 0 Å². The van der Waals surface area contributed by atoms with Gasteiger partial charge in [-0.2, -0.15) is 0 Å². The zero-order valence-corrected chi connectivity index (χ0v) is 13.8. The molecule has 1 aliphatic carbocycles. The van der Waals surface area contributed by atoms with Crippen molar-refractivity contribution in [2.24, 2.45) is 0 Å². The lowest BCUT2D eigenvalue weighted by atomic mass is 10.2. The first-order valence-corrected chi connectivity index (χ1v) is 7.89. The van der Waals surface area contributed by atoms with Crippen LogP contribution in [0.4, 0.5) is 0 Å². The smallest absolute Gasteiger partial charge is 0.135 e. The van der Waals surface area contributed by atoms with Crippen LogP contribution < -0.4 is 0 Å². The summed E-state index contributed by atoms with van der Waals surface area (Å²) in [5, 5.41) is 30.9. The van der Waals surface area contributed by atoms with Crippen LogP contribution in [0.15, 0.2) is 18.5 Å². The topological polar surface area (TPSA) is 156 Å². The summed E-state index contributed by atoms with van der Waals surface area (Å²) >= 11 is 0. The monoisotopic (exact) mass is 376 g/mol. The SMILES string of the molecule is C1=C\c2nonc2/C=C\c2nonc2/C=C\c2nonc2/C=C\c2nonc2/1. The van der Waals surface area contributed by atoms with Crippen LogP contribution in [-0.4, -0.2) is 41.3 Å². The molecule has 0 amide bonds. The number of hydrogen-bond donors (Lipinski definition) is 0. The predicted molar refractivity (Wildman–Crippen MR) is 92.9 cm³/mol. The van der Waals surface area contributed by atoms with E-state index in [0.29, 0.717) is 45.6 Å². The van der Waals surface area contributed by atoms with Crippen LogP contribution in [0, 0.1) is 0 Å². The highest BCUT2D eigenvalue weighted by Gasteiger charge is 2.11. The van der Waals surface area contributed by atoms with Gasteiger partial charge in [0.25, 0.3) is 0 Å². The normalized spacial score (nSPS) is 17.7. The molecule has 0 fully saturated rings. The van der Waals surface area contributed by atoms with Crippen LogP contribution in [-0.2, 0) is 0 Å². The van der Waals surface area contributed by atoms with E-state index < -0.39 is 0 Å². The van der Waals surface area contributed by atoms with Gasteiger partial charge in [-0.3, -0.25) is 0 Å². The molecule has 28 heavy (non-hydrogen) atoms. The molecule has 4 aromatic heterocycles. The summed E-state index contributed by atoms with van der Waals surface area (Å²) in [6.07, 6.45) is 13.4. The Bertz CT molecular complexity index is 964. The lowest BCUT2D eigenvalue weighted by Crippen LogP contribution is -1.84. The Morgan fingerprint density at radius 2 is 0.429 bits per heavy atom. The molecular weight excluding hydrogens is 368 g/mol. The van der Waals surface area contributed by atoms with Crippen molar-refractivity contribution in [1.29, 1.82) is 0 Å². The fraction of sp³-hybridized carbons (Fsp3) is 0. The molecule has 0 radical (unpaired) electrons. The van der Waals surface area contributed by atoms with Gasteiger partial charge in [-0.05, 0) is 89.9 Å². The minimum Gasteiger partial charge on any atom is -0.243 e. The second kappa shape index (κ2) is 6.68. The van der Waals surface area contributed by atoms with E-state index in [4.69, 9.17) is 18.5 Å².